The van der Waals surface area contributed by atoms with E-state index in [1.54, 1.807) is 0 Å². The van der Waals surface area contributed by atoms with Gasteiger partial charge in [-0.05, 0) is 48.2 Å². The average molecular weight is 266 g/mol. The van der Waals surface area contributed by atoms with Crippen LogP contribution in [0.5, 0.6) is 0 Å². The summed E-state index contributed by atoms with van der Waals surface area (Å²) in [7, 11) is 0. The summed E-state index contributed by atoms with van der Waals surface area (Å²) < 4.78 is 0. The first-order chi connectivity index (χ1) is 9.83. The van der Waals surface area contributed by atoms with Gasteiger partial charge < -0.3 is 5.32 Å². The van der Waals surface area contributed by atoms with Crippen molar-refractivity contribution in [2.45, 2.75) is 13.0 Å². The molecule has 0 aliphatic carbocycles. The van der Waals surface area contributed by atoms with Crippen LogP contribution in [-0.2, 0) is 0 Å². The Balaban J connectivity index is 1.66. The monoisotopic (exact) mass is 266 g/mol. The van der Waals surface area contributed by atoms with Gasteiger partial charge >= 0.3 is 0 Å². The Labute approximate surface area is 120 Å². The van der Waals surface area contributed by atoms with E-state index in [4.69, 9.17) is 0 Å². The smallest absolute Gasteiger partial charge is 0.0326 e. The highest BCUT2D eigenvalue weighted by molar-refractivity contribution is 5.86. The molecule has 0 saturated carbocycles. The standard InChI is InChI=1S/C18H22N2/c1-13(20-11-15-9-19-10-16(15)12-20)17-8-4-6-14-5-2-3-7-18(14)17/h2-8,13,15-16,19H,9-12H2,1H3/t13?,15-,16+. The summed E-state index contributed by atoms with van der Waals surface area (Å²) in [4.78, 5) is 2.68. The molecule has 0 bridgehead atoms. The Morgan fingerprint density at radius 1 is 1.00 bits per heavy atom. The zero-order chi connectivity index (χ0) is 13.5. The van der Waals surface area contributed by atoms with E-state index in [-0.39, 0.29) is 0 Å². The Hall–Kier alpha value is -1.38. The molecule has 20 heavy (non-hydrogen) atoms. The quantitative estimate of drug-likeness (QED) is 0.898. The number of fused-ring (bicyclic) bond motifs is 2. The van der Waals surface area contributed by atoms with E-state index < -0.39 is 0 Å². The second kappa shape index (κ2) is 4.87. The van der Waals surface area contributed by atoms with Gasteiger partial charge in [-0.1, -0.05) is 42.5 Å². The Kier molecular flexibility index (Phi) is 3.01. The molecular formula is C18H22N2. The van der Waals surface area contributed by atoms with Gasteiger partial charge in [0.25, 0.3) is 0 Å². The van der Waals surface area contributed by atoms with Crippen LogP contribution in [0.25, 0.3) is 10.8 Å². The minimum atomic E-state index is 0.520. The van der Waals surface area contributed by atoms with Crippen LogP contribution in [0.4, 0.5) is 0 Å². The lowest BCUT2D eigenvalue weighted by Gasteiger charge is -2.26. The molecule has 2 aromatic carbocycles. The molecule has 2 aliphatic rings. The lowest BCUT2D eigenvalue weighted by atomic mass is 9.99. The van der Waals surface area contributed by atoms with E-state index in [1.165, 1.54) is 42.5 Å². The minimum absolute atomic E-state index is 0.520. The van der Waals surface area contributed by atoms with Gasteiger partial charge in [0.15, 0.2) is 0 Å². The van der Waals surface area contributed by atoms with Gasteiger partial charge in [0.05, 0.1) is 0 Å². The Morgan fingerprint density at radius 2 is 1.70 bits per heavy atom. The molecule has 4 rings (SSSR count). The highest BCUT2D eigenvalue weighted by atomic mass is 15.2. The average Bonchev–Trinajstić information content (AvgIpc) is 3.07. The van der Waals surface area contributed by atoms with Gasteiger partial charge in [-0.3, -0.25) is 4.90 Å². The fraction of sp³-hybridized carbons (Fsp3) is 0.444. The third-order valence-electron chi connectivity index (χ3n) is 5.24. The summed E-state index contributed by atoms with van der Waals surface area (Å²) >= 11 is 0. The first-order valence-corrected chi connectivity index (χ1v) is 7.75. The summed E-state index contributed by atoms with van der Waals surface area (Å²) in [6.45, 7) is 7.30. The van der Waals surface area contributed by atoms with Gasteiger partial charge in [-0.25, -0.2) is 0 Å². The number of benzene rings is 2. The summed E-state index contributed by atoms with van der Waals surface area (Å²) in [5, 5.41) is 6.30. The Bertz CT molecular complexity index is 604. The molecule has 1 unspecified atom stereocenters. The molecule has 0 amide bonds. The number of hydrogen-bond donors (Lipinski definition) is 1. The van der Waals surface area contributed by atoms with Crippen molar-refractivity contribution in [2.75, 3.05) is 26.2 Å². The molecule has 0 aromatic heterocycles. The molecule has 2 aliphatic heterocycles. The first kappa shape index (κ1) is 12.4. The number of hydrogen-bond acceptors (Lipinski definition) is 2. The van der Waals surface area contributed by atoms with Crippen LogP contribution in [0.15, 0.2) is 42.5 Å². The lowest BCUT2D eigenvalue weighted by molar-refractivity contribution is 0.245. The highest BCUT2D eigenvalue weighted by Gasteiger charge is 2.38. The highest BCUT2D eigenvalue weighted by Crippen LogP contribution is 2.35. The van der Waals surface area contributed by atoms with Crippen LogP contribution in [0.3, 0.4) is 0 Å². The number of nitrogens with one attached hydrogen (secondary N) is 1. The van der Waals surface area contributed by atoms with Crippen LogP contribution in [0, 0.1) is 11.8 Å². The van der Waals surface area contributed by atoms with E-state index >= 15 is 0 Å². The SMILES string of the molecule is CC(c1cccc2ccccc12)N1C[C@H]2CNC[C@H]2C1. The van der Waals surface area contributed by atoms with Crippen molar-refractivity contribution in [1.29, 1.82) is 0 Å². The second-order valence-corrected chi connectivity index (χ2v) is 6.38. The fourth-order valence-electron chi connectivity index (χ4n) is 4.02. The van der Waals surface area contributed by atoms with E-state index in [1.807, 2.05) is 0 Å². The summed E-state index contributed by atoms with van der Waals surface area (Å²) in [6, 6.07) is 16.0. The third kappa shape index (κ3) is 1.95. The molecule has 104 valence electrons. The minimum Gasteiger partial charge on any atom is -0.316 e. The van der Waals surface area contributed by atoms with E-state index in [2.05, 4.69) is 59.6 Å². The van der Waals surface area contributed by atoms with Crippen molar-refractivity contribution < 1.29 is 0 Å². The van der Waals surface area contributed by atoms with Crippen molar-refractivity contribution in [3.05, 3.63) is 48.0 Å². The van der Waals surface area contributed by atoms with E-state index in [0.29, 0.717) is 6.04 Å². The predicted molar refractivity (Wildman–Crippen MR) is 83.8 cm³/mol. The molecule has 2 saturated heterocycles. The lowest BCUT2D eigenvalue weighted by Crippen LogP contribution is -2.28. The van der Waals surface area contributed by atoms with Crippen LogP contribution in [0.2, 0.25) is 0 Å². The summed E-state index contributed by atoms with van der Waals surface area (Å²) in [6.07, 6.45) is 0. The van der Waals surface area contributed by atoms with Crippen LogP contribution in [0.1, 0.15) is 18.5 Å². The zero-order valence-corrected chi connectivity index (χ0v) is 12.0. The maximum Gasteiger partial charge on any atom is 0.0326 e. The second-order valence-electron chi connectivity index (χ2n) is 6.38. The van der Waals surface area contributed by atoms with Gasteiger partial charge in [0.2, 0.25) is 0 Å². The zero-order valence-electron chi connectivity index (χ0n) is 12.0. The predicted octanol–water partition coefficient (Wildman–Crippen LogP) is 3.05. The van der Waals surface area contributed by atoms with Crippen LogP contribution in [-0.4, -0.2) is 31.1 Å². The molecule has 3 atom stereocenters. The molecular weight excluding hydrogens is 244 g/mol. The molecule has 2 fully saturated rings. The molecule has 2 aromatic rings. The number of likely N-dealkylation sites (tertiary alicyclic amines) is 1. The topological polar surface area (TPSA) is 15.3 Å². The van der Waals surface area contributed by atoms with E-state index in [0.717, 1.165) is 11.8 Å². The van der Waals surface area contributed by atoms with Crippen molar-refractivity contribution in [3.8, 4) is 0 Å². The molecule has 2 nitrogen and oxygen atoms in total. The number of nitrogens with zero attached hydrogens (tertiary/aromatic N) is 1. The molecule has 2 heteroatoms. The van der Waals surface area contributed by atoms with Gasteiger partial charge in [0.1, 0.15) is 0 Å². The van der Waals surface area contributed by atoms with Crippen molar-refractivity contribution in [1.82, 2.24) is 10.2 Å². The molecule has 0 spiro atoms. The number of rotatable bonds is 2. The molecule has 2 heterocycles. The summed E-state index contributed by atoms with van der Waals surface area (Å²) in [5.41, 5.74) is 1.48. The van der Waals surface area contributed by atoms with Crippen molar-refractivity contribution in [2.24, 2.45) is 11.8 Å². The van der Waals surface area contributed by atoms with E-state index in [9.17, 15) is 0 Å². The largest absolute Gasteiger partial charge is 0.316 e. The van der Waals surface area contributed by atoms with Gasteiger partial charge in [0, 0.05) is 19.1 Å². The molecule has 0 radical (unpaired) electrons. The van der Waals surface area contributed by atoms with Crippen LogP contribution >= 0.6 is 0 Å². The third-order valence-corrected chi connectivity index (χ3v) is 5.24. The first-order valence-electron chi connectivity index (χ1n) is 7.75. The van der Waals surface area contributed by atoms with Crippen LogP contribution < -0.4 is 5.32 Å². The van der Waals surface area contributed by atoms with Crippen molar-refractivity contribution in [3.63, 3.8) is 0 Å². The maximum atomic E-state index is 3.53. The molecule has 1 N–H and O–H groups in total. The van der Waals surface area contributed by atoms with Gasteiger partial charge in [-0.2, -0.15) is 0 Å². The Morgan fingerprint density at radius 3 is 2.50 bits per heavy atom. The van der Waals surface area contributed by atoms with Gasteiger partial charge in [-0.15, -0.1) is 0 Å². The summed E-state index contributed by atoms with van der Waals surface area (Å²) in [5.74, 6) is 1.74. The fourth-order valence-corrected chi connectivity index (χ4v) is 4.02. The van der Waals surface area contributed by atoms with Crippen molar-refractivity contribution >= 4 is 10.8 Å². The normalized spacial score (nSPS) is 27.9. The maximum absolute atomic E-state index is 3.53.